The van der Waals surface area contributed by atoms with Crippen LogP contribution in [0.3, 0.4) is 0 Å². The van der Waals surface area contributed by atoms with Crippen LogP contribution < -0.4 is 4.74 Å². The molecule has 0 spiro atoms. The highest BCUT2D eigenvalue weighted by molar-refractivity contribution is 9.08. The van der Waals surface area contributed by atoms with E-state index in [1.807, 2.05) is 30.3 Å². The molecule has 0 saturated carbocycles. The summed E-state index contributed by atoms with van der Waals surface area (Å²) in [7, 11) is 0. The van der Waals surface area contributed by atoms with Crippen LogP contribution in [0.4, 0.5) is 0 Å². The number of alkyl halides is 1. The maximum absolute atomic E-state index is 6.01. The molecule has 0 aromatic heterocycles. The summed E-state index contributed by atoms with van der Waals surface area (Å²) in [4.78, 5) is 0. The lowest BCUT2D eigenvalue weighted by Crippen LogP contribution is -1.91. The molecule has 100 valence electrons. The van der Waals surface area contributed by atoms with Crippen LogP contribution in [0.15, 0.2) is 42.5 Å². The molecule has 2 aromatic carbocycles. The van der Waals surface area contributed by atoms with Gasteiger partial charge in [-0.1, -0.05) is 59.6 Å². The summed E-state index contributed by atoms with van der Waals surface area (Å²) in [6.07, 6.45) is 0. The van der Waals surface area contributed by atoms with E-state index in [0.29, 0.717) is 10.9 Å². The van der Waals surface area contributed by atoms with Gasteiger partial charge in [-0.2, -0.15) is 0 Å². The van der Waals surface area contributed by atoms with Crippen LogP contribution in [0.2, 0.25) is 5.02 Å². The first-order valence-corrected chi connectivity index (χ1v) is 7.72. The monoisotopic (exact) mass is 338 g/mol. The fraction of sp³-hybridized carbons (Fsp3) is 0.250. The van der Waals surface area contributed by atoms with E-state index in [9.17, 15) is 0 Å². The van der Waals surface area contributed by atoms with Crippen LogP contribution in [0.5, 0.6) is 11.5 Å². The SMILES string of the molecule is CC(C)c1ccc(Oc2cc(Cl)ccc2CBr)cc1. The van der Waals surface area contributed by atoms with Crippen LogP contribution in [0.1, 0.15) is 30.9 Å². The average Bonchev–Trinajstić information content (AvgIpc) is 2.39. The second-order valence-corrected chi connectivity index (χ2v) is 5.71. The molecule has 0 saturated heterocycles. The summed E-state index contributed by atoms with van der Waals surface area (Å²) in [6.45, 7) is 4.35. The Morgan fingerprint density at radius 1 is 1.11 bits per heavy atom. The van der Waals surface area contributed by atoms with E-state index in [0.717, 1.165) is 22.4 Å². The minimum atomic E-state index is 0.526. The lowest BCUT2D eigenvalue weighted by molar-refractivity contribution is 0.478. The zero-order valence-electron chi connectivity index (χ0n) is 11.0. The molecular formula is C16H16BrClO. The van der Waals surface area contributed by atoms with Gasteiger partial charge in [-0.25, -0.2) is 0 Å². The number of rotatable bonds is 4. The molecule has 1 nitrogen and oxygen atoms in total. The van der Waals surface area contributed by atoms with Crippen molar-refractivity contribution in [1.29, 1.82) is 0 Å². The van der Waals surface area contributed by atoms with E-state index in [2.05, 4.69) is 41.9 Å². The lowest BCUT2D eigenvalue weighted by atomic mass is 10.0. The Balaban J connectivity index is 2.23. The molecule has 0 atom stereocenters. The van der Waals surface area contributed by atoms with Gasteiger partial charge in [0.1, 0.15) is 11.5 Å². The van der Waals surface area contributed by atoms with Gasteiger partial charge in [0.15, 0.2) is 0 Å². The molecule has 0 N–H and O–H groups in total. The van der Waals surface area contributed by atoms with Crippen LogP contribution in [-0.4, -0.2) is 0 Å². The Bertz CT molecular complexity index is 549. The molecule has 19 heavy (non-hydrogen) atoms. The van der Waals surface area contributed by atoms with Gasteiger partial charge in [-0.15, -0.1) is 0 Å². The summed E-state index contributed by atoms with van der Waals surface area (Å²) >= 11 is 9.47. The molecule has 0 unspecified atom stereocenters. The van der Waals surface area contributed by atoms with Crippen molar-refractivity contribution < 1.29 is 4.74 Å². The Labute approximate surface area is 127 Å². The highest BCUT2D eigenvalue weighted by Gasteiger charge is 2.06. The number of hydrogen-bond donors (Lipinski definition) is 0. The molecule has 0 aliphatic rings. The van der Waals surface area contributed by atoms with E-state index in [4.69, 9.17) is 16.3 Å². The molecule has 0 bridgehead atoms. The lowest BCUT2D eigenvalue weighted by Gasteiger charge is -2.11. The Morgan fingerprint density at radius 2 is 1.79 bits per heavy atom. The van der Waals surface area contributed by atoms with E-state index in [1.165, 1.54) is 5.56 Å². The minimum Gasteiger partial charge on any atom is -0.457 e. The van der Waals surface area contributed by atoms with Crippen molar-refractivity contribution in [2.75, 3.05) is 0 Å². The summed E-state index contributed by atoms with van der Waals surface area (Å²) in [5.41, 5.74) is 2.39. The third-order valence-electron chi connectivity index (χ3n) is 2.95. The molecule has 2 rings (SSSR count). The predicted octanol–water partition coefficient (Wildman–Crippen LogP) is 6.15. The molecular weight excluding hydrogens is 324 g/mol. The van der Waals surface area contributed by atoms with Gasteiger partial charge < -0.3 is 4.74 Å². The maximum Gasteiger partial charge on any atom is 0.132 e. The van der Waals surface area contributed by atoms with Gasteiger partial charge in [-0.05, 0) is 35.7 Å². The predicted molar refractivity (Wildman–Crippen MR) is 84.7 cm³/mol. The van der Waals surface area contributed by atoms with Gasteiger partial charge in [0.05, 0.1) is 0 Å². The Kier molecular flexibility index (Phi) is 4.89. The zero-order chi connectivity index (χ0) is 13.8. The first-order valence-electron chi connectivity index (χ1n) is 6.22. The molecule has 3 heteroatoms. The number of ether oxygens (including phenoxy) is 1. The molecule has 0 fully saturated rings. The van der Waals surface area contributed by atoms with Crippen LogP contribution in [0, 0.1) is 0 Å². The zero-order valence-corrected chi connectivity index (χ0v) is 13.3. The molecule has 0 aliphatic carbocycles. The normalized spacial score (nSPS) is 10.8. The van der Waals surface area contributed by atoms with Gasteiger partial charge >= 0.3 is 0 Å². The smallest absolute Gasteiger partial charge is 0.132 e. The minimum absolute atomic E-state index is 0.526. The molecule has 0 heterocycles. The Morgan fingerprint density at radius 3 is 2.37 bits per heavy atom. The van der Waals surface area contributed by atoms with Crippen molar-refractivity contribution in [3.05, 3.63) is 58.6 Å². The summed E-state index contributed by atoms with van der Waals surface area (Å²) in [5.74, 6) is 2.15. The fourth-order valence-corrected chi connectivity index (χ4v) is 2.41. The van der Waals surface area contributed by atoms with E-state index >= 15 is 0 Å². The van der Waals surface area contributed by atoms with Crippen molar-refractivity contribution in [2.24, 2.45) is 0 Å². The van der Waals surface area contributed by atoms with E-state index in [1.54, 1.807) is 0 Å². The fourth-order valence-electron chi connectivity index (χ4n) is 1.78. The van der Waals surface area contributed by atoms with Gasteiger partial charge in [0.2, 0.25) is 0 Å². The quantitative estimate of drug-likeness (QED) is 0.607. The van der Waals surface area contributed by atoms with Crippen molar-refractivity contribution in [2.45, 2.75) is 25.1 Å². The summed E-state index contributed by atoms with van der Waals surface area (Å²) < 4.78 is 5.90. The first kappa shape index (κ1) is 14.4. The van der Waals surface area contributed by atoms with Crippen LogP contribution in [0.25, 0.3) is 0 Å². The average molecular weight is 340 g/mol. The largest absolute Gasteiger partial charge is 0.457 e. The van der Waals surface area contributed by atoms with Crippen molar-refractivity contribution in [3.63, 3.8) is 0 Å². The number of benzene rings is 2. The second kappa shape index (κ2) is 6.44. The highest BCUT2D eigenvalue weighted by atomic mass is 79.9. The summed E-state index contributed by atoms with van der Waals surface area (Å²) in [5, 5.41) is 1.42. The topological polar surface area (TPSA) is 9.23 Å². The van der Waals surface area contributed by atoms with Crippen molar-refractivity contribution >= 4 is 27.5 Å². The van der Waals surface area contributed by atoms with Gasteiger partial charge in [0, 0.05) is 15.9 Å². The number of halogens is 2. The van der Waals surface area contributed by atoms with E-state index < -0.39 is 0 Å². The van der Waals surface area contributed by atoms with E-state index in [-0.39, 0.29) is 0 Å². The molecule has 0 radical (unpaired) electrons. The Hall–Kier alpha value is -0.990. The third-order valence-corrected chi connectivity index (χ3v) is 3.79. The highest BCUT2D eigenvalue weighted by Crippen LogP contribution is 2.30. The van der Waals surface area contributed by atoms with Crippen LogP contribution >= 0.6 is 27.5 Å². The number of hydrogen-bond acceptors (Lipinski definition) is 1. The summed E-state index contributed by atoms with van der Waals surface area (Å²) in [6, 6.07) is 13.9. The van der Waals surface area contributed by atoms with Crippen LogP contribution in [-0.2, 0) is 5.33 Å². The first-order chi connectivity index (χ1) is 9.10. The maximum atomic E-state index is 6.01. The molecule has 0 amide bonds. The van der Waals surface area contributed by atoms with Crippen molar-refractivity contribution in [1.82, 2.24) is 0 Å². The molecule has 2 aromatic rings. The molecule has 0 aliphatic heterocycles. The standard InChI is InChI=1S/C16H16BrClO/c1-11(2)12-4-7-15(8-5-12)19-16-9-14(18)6-3-13(16)10-17/h3-9,11H,10H2,1-2H3. The van der Waals surface area contributed by atoms with Crippen molar-refractivity contribution in [3.8, 4) is 11.5 Å². The van der Waals surface area contributed by atoms with Gasteiger partial charge in [-0.3, -0.25) is 0 Å². The van der Waals surface area contributed by atoms with Gasteiger partial charge in [0.25, 0.3) is 0 Å². The third kappa shape index (κ3) is 3.74. The second-order valence-electron chi connectivity index (χ2n) is 4.71.